The fraction of sp³-hybridized carbons (Fsp3) is 0.875. The molecule has 0 spiro atoms. The van der Waals surface area contributed by atoms with Gasteiger partial charge in [-0.15, -0.1) is 0 Å². The summed E-state index contributed by atoms with van der Waals surface area (Å²) in [5, 5.41) is 8.72. The third-order valence-corrected chi connectivity index (χ3v) is 2.27. The van der Waals surface area contributed by atoms with Gasteiger partial charge in [0.1, 0.15) is 0 Å². The second-order valence-electron chi connectivity index (χ2n) is 3.10. The molecule has 1 aliphatic heterocycles. The highest BCUT2D eigenvalue weighted by Crippen LogP contribution is 2.11. The van der Waals surface area contributed by atoms with Gasteiger partial charge in [-0.1, -0.05) is 6.92 Å². The number of carboxylic acid groups (broad SMARTS) is 1. The van der Waals surface area contributed by atoms with E-state index in [4.69, 9.17) is 5.11 Å². The predicted octanol–water partition coefficient (Wildman–Crippen LogP) is 0.803. The lowest BCUT2D eigenvalue weighted by atomic mass is 10.0. The third-order valence-electron chi connectivity index (χ3n) is 2.27. The van der Waals surface area contributed by atoms with Gasteiger partial charge in [-0.2, -0.15) is 0 Å². The summed E-state index contributed by atoms with van der Waals surface area (Å²) < 4.78 is 0. The van der Waals surface area contributed by atoms with Gasteiger partial charge in [-0.3, -0.25) is 4.79 Å². The Morgan fingerprint density at radius 2 is 2.27 bits per heavy atom. The van der Waals surface area contributed by atoms with Gasteiger partial charge in [0.25, 0.3) is 0 Å². The van der Waals surface area contributed by atoms with Crippen molar-refractivity contribution in [3.8, 4) is 0 Å². The van der Waals surface area contributed by atoms with E-state index in [9.17, 15) is 4.79 Å². The average Bonchev–Trinajstić information content (AvgIpc) is 1.85. The van der Waals surface area contributed by atoms with Crippen LogP contribution in [0, 0.1) is 5.92 Å². The van der Waals surface area contributed by atoms with E-state index in [1.165, 1.54) is 6.42 Å². The molecule has 3 heteroatoms. The zero-order chi connectivity index (χ0) is 8.27. The summed E-state index contributed by atoms with van der Waals surface area (Å²) >= 11 is 0. The first-order valence-electron chi connectivity index (χ1n) is 4.19. The molecule has 0 aromatic carbocycles. The molecule has 0 radical (unpaired) electrons. The van der Waals surface area contributed by atoms with Crippen LogP contribution in [0.2, 0.25) is 0 Å². The summed E-state index contributed by atoms with van der Waals surface area (Å²) in [4.78, 5) is 12.8. The van der Waals surface area contributed by atoms with Gasteiger partial charge in [0, 0.05) is 6.54 Å². The van der Waals surface area contributed by atoms with E-state index >= 15 is 0 Å². The smallest absolute Gasteiger partial charge is 0.307 e. The number of aliphatic carboxylic acids is 1. The maximum Gasteiger partial charge on any atom is 0.307 e. The van der Waals surface area contributed by atoms with E-state index in [1.807, 2.05) is 6.92 Å². The molecule has 0 aliphatic carbocycles. The predicted molar refractivity (Wildman–Crippen MR) is 42.5 cm³/mol. The van der Waals surface area contributed by atoms with Crippen LogP contribution in [-0.2, 0) is 4.79 Å². The lowest BCUT2D eigenvalue weighted by Crippen LogP contribution is -2.42. The molecule has 0 amide bonds. The number of hydrogen-bond acceptors (Lipinski definition) is 2. The number of hydrogen-bond donors (Lipinski definition) is 1. The zero-order valence-corrected chi connectivity index (χ0v) is 6.92. The molecule has 0 saturated carbocycles. The van der Waals surface area contributed by atoms with Crippen molar-refractivity contribution in [2.75, 3.05) is 19.6 Å². The molecule has 1 heterocycles. The molecule has 64 valence electrons. The normalized spacial score (nSPS) is 20.8. The highest BCUT2D eigenvalue weighted by molar-refractivity contribution is 5.70. The van der Waals surface area contributed by atoms with Crippen LogP contribution < -0.4 is 0 Å². The molecule has 1 aliphatic rings. The largest absolute Gasteiger partial charge is 0.481 e. The minimum Gasteiger partial charge on any atom is -0.481 e. The molecule has 0 aromatic heterocycles. The molecular weight excluding hydrogens is 142 g/mol. The van der Waals surface area contributed by atoms with Gasteiger partial charge in [0.05, 0.1) is 5.92 Å². The quantitative estimate of drug-likeness (QED) is 0.656. The van der Waals surface area contributed by atoms with Crippen LogP contribution in [0.5, 0.6) is 0 Å². The Balaban J connectivity index is 2.24. The first-order valence-corrected chi connectivity index (χ1v) is 4.19. The first kappa shape index (κ1) is 8.53. The van der Waals surface area contributed by atoms with E-state index in [2.05, 4.69) is 4.90 Å². The maximum atomic E-state index is 10.6. The third kappa shape index (κ3) is 2.19. The van der Waals surface area contributed by atoms with Crippen LogP contribution in [0.3, 0.4) is 0 Å². The second kappa shape index (κ2) is 3.72. The fourth-order valence-electron chi connectivity index (χ4n) is 1.26. The van der Waals surface area contributed by atoms with E-state index in [-0.39, 0.29) is 5.92 Å². The van der Waals surface area contributed by atoms with Crippen LogP contribution in [0.4, 0.5) is 0 Å². The van der Waals surface area contributed by atoms with Crippen LogP contribution in [0.15, 0.2) is 0 Å². The molecule has 0 bridgehead atoms. The number of carbonyl (C=O) groups is 1. The first-order chi connectivity index (χ1) is 5.24. The Labute approximate surface area is 67.0 Å². The molecule has 11 heavy (non-hydrogen) atoms. The highest BCUT2D eigenvalue weighted by atomic mass is 16.4. The minimum absolute atomic E-state index is 0.157. The highest BCUT2D eigenvalue weighted by Gasteiger charge is 2.22. The van der Waals surface area contributed by atoms with Gasteiger partial charge >= 0.3 is 5.97 Å². The summed E-state index contributed by atoms with van der Waals surface area (Å²) in [5.74, 6) is -0.810. The molecule has 1 rings (SSSR count). The van der Waals surface area contributed by atoms with Crippen molar-refractivity contribution in [3.05, 3.63) is 0 Å². The van der Waals surface area contributed by atoms with Crippen LogP contribution in [-0.4, -0.2) is 35.6 Å². The van der Waals surface area contributed by atoms with Crippen molar-refractivity contribution in [3.63, 3.8) is 0 Å². The molecule has 0 unspecified atom stereocenters. The minimum atomic E-state index is -0.653. The number of carboxylic acids is 1. The summed E-state index contributed by atoms with van der Waals surface area (Å²) in [7, 11) is 0. The molecule has 3 nitrogen and oxygen atoms in total. The second-order valence-corrected chi connectivity index (χ2v) is 3.10. The van der Waals surface area contributed by atoms with E-state index < -0.39 is 5.97 Å². The molecule has 1 saturated heterocycles. The molecule has 1 atom stereocenters. The van der Waals surface area contributed by atoms with Crippen molar-refractivity contribution in [1.82, 2.24) is 4.90 Å². The van der Waals surface area contributed by atoms with E-state index in [0.717, 1.165) is 26.1 Å². The summed E-state index contributed by atoms with van der Waals surface area (Å²) in [6.45, 7) is 4.85. The number of nitrogens with zero attached hydrogens (tertiary/aromatic N) is 1. The zero-order valence-electron chi connectivity index (χ0n) is 6.92. The van der Waals surface area contributed by atoms with Crippen molar-refractivity contribution in [2.24, 2.45) is 5.92 Å². The summed E-state index contributed by atoms with van der Waals surface area (Å²) in [5.41, 5.74) is 0. The maximum absolute atomic E-state index is 10.6. The molecule has 1 fully saturated rings. The Hall–Kier alpha value is -0.570. The van der Waals surface area contributed by atoms with Gasteiger partial charge in [-0.25, -0.2) is 0 Å². The summed E-state index contributed by atoms with van der Waals surface area (Å²) in [6, 6.07) is 0. The number of rotatable bonds is 4. The van der Waals surface area contributed by atoms with Gasteiger partial charge < -0.3 is 10.0 Å². The Kier molecular flexibility index (Phi) is 2.88. The van der Waals surface area contributed by atoms with Crippen LogP contribution >= 0.6 is 0 Å². The van der Waals surface area contributed by atoms with E-state index in [1.54, 1.807) is 0 Å². The average molecular weight is 157 g/mol. The molecule has 1 N–H and O–H groups in total. The molecule has 0 aromatic rings. The van der Waals surface area contributed by atoms with Crippen LogP contribution in [0.1, 0.15) is 19.8 Å². The SMILES string of the molecule is CC[C@@H](CN1CCC1)C(=O)O. The lowest BCUT2D eigenvalue weighted by molar-refractivity contribution is -0.142. The Bertz CT molecular complexity index is 143. The van der Waals surface area contributed by atoms with Gasteiger partial charge in [0.15, 0.2) is 0 Å². The standard InChI is InChI=1S/C8H15NO2/c1-2-7(8(10)11)6-9-4-3-5-9/h7H,2-6H2,1H3,(H,10,11)/t7-/m0/s1. The topological polar surface area (TPSA) is 40.5 Å². The summed E-state index contributed by atoms with van der Waals surface area (Å²) in [6.07, 6.45) is 1.97. The Morgan fingerprint density at radius 3 is 2.55 bits per heavy atom. The van der Waals surface area contributed by atoms with Crippen LogP contribution in [0.25, 0.3) is 0 Å². The Morgan fingerprint density at radius 1 is 1.64 bits per heavy atom. The monoisotopic (exact) mass is 157 g/mol. The van der Waals surface area contributed by atoms with Gasteiger partial charge in [0.2, 0.25) is 0 Å². The number of likely N-dealkylation sites (tertiary alicyclic amines) is 1. The van der Waals surface area contributed by atoms with Crippen molar-refractivity contribution < 1.29 is 9.90 Å². The van der Waals surface area contributed by atoms with Gasteiger partial charge in [-0.05, 0) is 25.9 Å². The van der Waals surface area contributed by atoms with Crippen molar-refractivity contribution in [2.45, 2.75) is 19.8 Å². The lowest BCUT2D eigenvalue weighted by Gasteiger charge is -2.32. The van der Waals surface area contributed by atoms with E-state index in [0.29, 0.717) is 0 Å². The van der Waals surface area contributed by atoms with Crippen molar-refractivity contribution in [1.29, 1.82) is 0 Å². The molecular formula is C8H15NO2. The van der Waals surface area contributed by atoms with Crippen molar-refractivity contribution >= 4 is 5.97 Å². The fourth-order valence-corrected chi connectivity index (χ4v) is 1.26.